The molecule has 142 valence electrons. The number of thiazole rings is 1. The summed E-state index contributed by atoms with van der Waals surface area (Å²) in [5, 5.41) is 7.72. The topological polar surface area (TPSA) is 58.5 Å². The first-order valence-corrected chi connectivity index (χ1v) is 9.96. The van der Waals surface area contributed by atoms with Gasteiger partial charge in [-0.05, 0) is 44.4 Å². The van der Waals surface area contributed by atoms with Crippen LogP contribution in [0.2, 0.25) is 0 Å². The van der Waals surface area contributed by atoms with Gasteiger partial charge in [0.2, 0.25) is 0 Å². The molecule has 0 spiro atoms. The minimum atomic E-state index is 0.513. The SMILES string of the molecule is CCNC(=NCc1cccc(OCC(C)C)c1)NCc1nc(C)c(C)s1. The van der Waals surface area contributed by atoms with Gasteiger partial charge in [0, 0.05) is 11.4 Å². The van der Waals surface area contributed by atoms with E-state index in [-0.39, 0.29) is 0 Å². The van der Waals surface area contributed by atoms with Crippen LogP contribution in [0.4, 0.5) is 0 Å². The average molecular weight is 375 g/mol. The van der Waals surface area contributed by atoms with Gasteiger partial charge in [0.05, 0.1) is 25.4 Å². The molecule has 0 bridgehead atoms. The predicted octanol–water partition coefficient (Wildman–Crippen LogP) is 4.05. The maximum absolute atomic E-state index is 5.79. The van der Waals surface area contributed by atoms with E-state index in [0.29, 0.717) is 19.0 Å². The zero-order valence-corrected chi connectivity index (χ0v) is 17.2. The molecule has 0 atom stereocenters. The van der Waals surface area contributed by atoms with E-state index >= 15 is 0 Å². The smallest absolute Gasteiger partial charge is 0.191 e. The number of benzene rings is 1. The van der Waals surface area contributed by atoms with Crippen molar-refractivity contribution in [2.24, 2.45) is 10.9 Å². The van der Waals surface area contributed by atoms with E-state index in [9.17, 15) is 0 Å². The molecule has 1 aromatic carbocycles. The Bertz CT molecular complexity index is 705. The molecule has 0 aliphatic carbocycles. The maximum atomic E-state index is 5.79. The summed E-state index contributed by atoms with van der Waals surface area (Å²) < 4.78 is 5.79. The zero-order valence-electron chi connectivity index (χ0n) is 16.4. The van der Waals surface area contributed by atoms with E-state index in [2.05, 4.69) is 60.4 Å². The van der Waals surface area contributed by atoms with Crippen LogP contribution in [0.3, 0.4) is 0 Å². The second-order valence-corrected chi connectivity index (χ2v) is 7.94. The van der Waals surface area contributed by atoms with Gasteiger partial charge in [-0.2, -0.15) is 0 Å². The Balaban J connectivity index is 1.96. The summed E-state index contributed by atoms with van der Waals surface area (Å²) in [5.41, 5.74) is 2.23. The van der Waals surface area contributed by atoms with Crippen LogP contribution in [0, 0.1) is 19.8 Å². The van der Waals surface area contributed by atoms with Gasteiger partial charge < -0.3 is 15.4 Å². The lowest BCUT2D eigenvalue weighted by Gasteiger charge is -2.11. The van der Waals surface area contributed by atoms with E-state index in [1.54, 1.807) is 11.3 Å². The summed E-state index contributed by atoms with van der Waals surface area (Å²) in [6.45, 7) is 13.3. The minimum absolute atomic E-state index is 0.513. The van der Waals surface area contributed by atoms with E-state index < -0.39 is 0 Å². The van der Waals surface area contributed by atoms with Crippen LogP contribution in [-0.4, -0.2) is 24.1 Å². The van der Waals surface area contributed by atoms with Crippen molar-refractivity contribution in [2.75, 3.05) is 13.2 Å². The molecule has 2 N–H and O–H groups in total. The molecular formula is C20H30N4OS. The van der Waals surface area contributed by atoms with Crippen LogP contribution < -0.4 is 15.4 Å². The average Bonchev–Trinajstić information content (AvgIpc) is 2.94. The lowest BCUT2D eigenvalue weighted by atomic mass is 10.2. The number of aliphatic imine (C=N–C) groups is 1. The number of rotatable bonds is 8. The normalized spacial score (nSPS) is 11.7. The van der Waals surface area contributed by atoms with Crippen molar-refractivity contribution in [3.8, 4) is 5.75 Å². The minimum Gasteiger partial charge on any atom is -0.493 e. The number of nitrogens with one attached hydrogen (secondary N) is 2. The van der Waals surface area contributed by atoms with Gasteiger partial charge >= 0.3 is 0 Å². The molecule has 0 aliphatic heterocycles. The molecule has 0 saturated carbocycles. The van der Waals surface area contributed by atoms with Gasteiger partial charge in [-0.1, -0.05) is 26.0 Å². The van der Waals surface area contributed by atoms with Crippen molar-refractivity contribution in [1.82, 2.24) is 15.6 Å². The van der Waals surface area contributed by atoms with Gasteiger partial charge in [-0.3, -0.25) is 0 Å². The van der Waals surface area contributed by atoms with Gasteiger partial charge in [-0.25, -0.2) is 9.98 Å². The molecule has 1 aromatic heterocycles. The third-order valence-corrected chi connectivity index (χ3v) is 4.80. The molecule has 26 heavy (non-hydrogen) atoms. The zero-order chi connectivity index (χ0) is 18.9. The lowest BCUT2D eigenvalue weighted by molar-refractivity contribution is 0.271. The van der Waals surface area contributed by atoms with Crippen molar-refractivity contribution < 1.29 is 4.74 Å². The highest BCUT2D eigenvalue weighted by molar-refractivity contribution is 7.11. The fourth-order valence-electron chi connectivity index (χ4n) is 2.28. The molecule has 1 heterocycles. The number of guanidine groups is 1. The summed E-state index contributed by atoms with van der Waals surface area (Å²) in [4.78, 5) is 10.5. The van der Waals surface area contributed by atoms with E-state index in [4.69, 9.17) is 4.74 Å². The Morgan fingerprint density at radius 2 is 2.08 bits per heavy atom. The molecule has 5 nitrogen and oxygen atoms in total. The maximum Gasteiger partial charge on any atom is 0.191 e. The first-order chi connectivity index (χ1) is 12.5. The van der Waals surface area contributed by atoms with Crippen LogP contribution in [0.15, 0.2) is 29.3 Å². The van der Waals surface area contributed by atoms with Gasteiger partial charge in [0.1, 0.15) is 10.8 Å². The third-order valence-electron chi connectivity index (χ3n) is 3.73. The molecule has 2 aromatic rings. The molecule has 0 unspecified atom stereocenters. The summed E-state index contributed by atoms with van der Waals surface area (Å²) in [7, 11) is 0. The van der Waals surface area contributed by atoms with Crippen LogP contribution in [-0.2, 0) is 13.1 Å². The Morgan fingerprint density at radius 3 is 2.73 bits per heavy atom. The molecule has 0 fully saturated rings. The summed E-state index contributed by atoms with van der Waals surface area (Å²) in [5.74, 6) is 2.21. The quantitative estimate of drug-likeness (QED) is 0.541. The summed E-state index contributed by atoms with van der Waals surface area (Å²) >= 11 is 1.73. The van der Waals surface area contributed by atoms with Gasteiger partial charge in [-0.15, -0.1) is 11.3 Å². The number of aromatic nitrogens is 1. The molecule has 0 aliphatic rings. The fraction of sp³-hybridized carbons (Fsp3) is 0.500. The van der Waals surface area contributed by atoms with Crippen LogP contribution in [0.25, 0.3) is 0 Å². The van der Waals surface area contributed by atoms with Gasteiger partial charge in [0.15, 0.2) is 5.96 Å². The molecule has 0 saturated heterocycles. The van der Waals surface area contributed by atoms with Crippen LogP contribution in [0.1, 0.15) is 41.9 Å². The first-order valence-electron chi connectivity index (χ1n) is 9.14. The second-order valence-electron chi connectivity index (χ2n) is 6.65. The highest BCUT2D eigenvalue weighted by Crippen LogP contribution is 2.16. The highest BCUT2D eigenvalue weighted by Gasteiger charge is 2.05. The number of ether oxygens (including phenoxy) is 1. The second kappa shape index (κ2) is 10.2. The monoisotopic (exact) mass is 374 g/mol. The predicted molar refractivity (Wildman–Crippen MR) is 110 cm³/mol. The first kappa shape index (κ1) is 20.2. The number of hydrogen-bond donors (Lipinski definition) is 2. The summed E-state index contributed by atoms with van der Waals surface area (Å²) in [6.07, 6.45) is 0. The van der Waals surface area contributed by atoms with Crippen LogP contribution in [0.5, 0.6) is 5.75 Å². The van der Waals surface area contributed by atoms with Crippen molar-refractivity contribution >= 4 is 17.3 Å². The molecule has 0 radical (unpaired) electrons. The van der Waals surface area contributed by atoms with E-state index in [1.165, 1.54) is 4.88 Å². The van der Waals surface area contributed by atoms with Crippen molar-refractivity contribution in [1.29, 1.82) is 0 Å². The molecule has 0 amide bonds. The summed E-state index contributed by atoms with van der Waals surface area (Å²) in [6, 6.07) is 8.14. The van der Waals surface area contributed by atoms with E-state index in [0.717, 1.165) is 41.1 Å². The number of aryl methyl sites for hydroxylation is 2. The molecular weight excluding hydrogens is 344 g/mol. The van der Waals surface area contributed by atoms with E-state index in [1.807, 2.05) is 19.1 Å². The molecule has 2 rings (SSSR count). The fourth-order valence-corrected chi connectivity index (χ4v) is 3.16. The Morgan fingerprint density at radius 1 is 1.27 bits per heavy atom. The Kier molecular flexibility index (Phi) is 7.91. The van der Waals surface area contributed by atoms with Crippen LogP contribution >= 0.6 is 11.3 Å². The number of nitrogens with zero attached hydrogens (tertiary/aromatic N) is 2. The van der Waals surface area contributed by atoms with Crippen molar-refractivity contribution in [3.63, 3.8) is 0 Å². The largest absolute Gasteiger partial charge is 0.493 e. The Hall–Kier alpha value is -2.08. The standard InChI is InChI=1S/C20H30N4OS/c1-6-21-20(23-12-19-24-15(4)16(5)26-19)22-11-17-8-7-9-18(10-17)25-13-14(2)3/h7-10,14H,6,11-13H2,1-5H3,(H2,21,22,23). The lowest BCUT2D eigenvalue weighted by Crippen LogP contribution is -2.36. The Labute approximate surface area is 160 Å². The van der Waals surface area contributed by atoms with Crippen molar-refractivity contribution in [2.45, 2.75) is 47.7 Å². The third kappa shape index (κ3) is 6.67. The highest BCUT2D eigenvalue weighted by atomic mass is 32.1. The molecule has 6 heteroatoms. The number of hydrogen-bond acceptors (Lipinski definition) is 4. The van der Waals surface area contributed by atoms with Gasteiger partial charge in [0.25, 0.3) is 0 Å². The van der Waals surface area contributed by atoms with Crippen molar-refractivity contribution in [3.05, 3.63) is 45.4 Å².